The lowest BCUT2D eigenvalue weighted by molar-refractivity contribution is -0.385. The van der Waals surface area contributed by atoms with E-state index in [0.29, 0.717) is 6.54 Å². The van der Waals surface area contributed by atoms with E-state index in [0.717, 1.165) is 0 Å². The summed E-state index contributed by atoms with van der Waals surface area (Å²) in [5.41, 5.74) is -0.0629. The minimum Gasteiger partial charge on any atom is -0.390 e. The molecular weight excluding hydrogens is 200 g/mol. The molecule has 0 aliphatic carbocycles. The van der Waals surface area contributed by atoms with Crippen LogP contribution in [0.2, 0.25) is 0 Å². The molecule has 0 aromatic carbocycles. The van der Waals surface area contributed by atoms with Gasteiger partial charge in [-0.1, -0.05) is 0 Å². The van der Waals surface area contributed by atoms with Gasteiger partial charge in [-0.25, -0.2) is 0 Å². The molecule has 0 amide bonds. The summed E-state index contributed by atoms with van der Waals surface area (Å²) in [6.07, 6.45) is 1.89. The molecule has 1 aromatic heterocycles. The van der Waals surface area contributed by atoms with Crippen LogP contribution >= 0.6 is 0 Å². The number of aliphatic hydroxyl groups excluding tert-OH is 1. The van der Waals surface area contributed by atoms with E-state index in [1.54, 1.807) is 0 Å². The maximum Gasteiger partial charge on any atom is 0.306 e. The first-order chi connectivity index (χ1) is 6.99. The summed E-state index contributed by atoms with van der Waals surface area (Å²) in [6.45, 7) is 0.750. The first-order valence-electron chi connectivity index (χ1n) is 4.48. The fourth-order valence-corrected chi connectivity index (χ4v) is 1.24. The zero-order valence-corrected chi connectivity index (χ0v) is 8.70. The first kappa shape index (κ1) is 11.6. The van der Waals surface area contributed by atoms with Crippen molar-refractivity contribution in [1.29, 1.82) is 0 Å². The monoisotopic (exact) mass is 214 g/mol. The van der Waals surface area contributed by atoms with E-state index in [4.69, 9.17) is 0 Å². The predicted octanol–water partition coefficient (Wildman–Crippen LogP) is -0.286. The molecule has 0 spiro atoms. The Labute approximate surface area is 87.1 Å². The molecule has 84 valence electrons. The number of hydrogen-bond donors (Lipinski definition) is 1. The normalized spacial score (nSPS) is 13.1. The van der Waals surface area contributed by atoms with Crippen molar-refractivity contribution < 1.29 is 10.0 Å². The van der Waals surface area contributed by atoms with Gasteiger partial charge in [-0.3, -0.25) is 14.8 Å². The van der Waals surface area contributed by atoms with Crippen LogP contribution < -0.4 is 0 Å². The molecule has 0 radical (unpaired) electrons. The summed E-state index contributed by atoms with van der Waals surface area (Å²) < 4.78 is 1.37. The van der Waals surface area contributed by atoms with Crippen LogP contribution in [0.15, 0.2) is 12.4 Å². The number of aromatic nitrogens is 2. The lowest BCUT2D eigenvalue weighted by atomic mass is 10.3. The average molecular weight is 214 g/mol. The van der Waals surface area contributed by atoms with Crippen molar-refractivity contribution in [3.63, 3.8) is 0 Å². The second kappa shape index (κ2) is 4.85. The summed E-state index contributed by atoms with van der Waals surface area (Å²) in [7, 11) is 3.68. The zero-order chi connectivity index (χ0) is 11.4. The molecule has 0 unspecified atom stereocenters. The Balaban J connectivity index is 2.53. The molecule has 1 aromatic rings. The van der Waals surface area contributed by atoms with Crippen LogP contribution in [0.1, 0.15) is 0 Å². The third kappa shape index (κ3) is 3.64. The Bertz CT molecular complexity index is 336. The van der Waals surface area contributed by atoms with Crippen molar-refractivity contribution >= 4 is 5.69 Å². The Hall–Kier alpha value is -1.47. The smallest absolute Gasteiger partial charge is 0.306 e. The molecule has 1 heterocycles. The van der Waals surface area contributed by atoms with Gasteiger partial charge in [-0.2, -0.15) is 5.10 Å². The largest absolute Gasteiger partial charge is 0.390 e. The topological polar surface area (TPSA) is 84.4 Å². The molecular formula is C8H14N4O3. The highest BCUT2D eigenvalue weighted by atomic mass is 16.6. The van der Waals surface area contributed by atoms with Gasteiger partial charge in [0.15, 0.2) is 0 Å². The number of hydrogen-bond acceptors (Lipinski definition) is 5. The number of likely N-dealkylation sites (N-methyl/N-ethyl adjacent to an activating group) is 1. The van der Waals surface area contributed by atoms with E-state index in [2.05, 4.69) is 5.10 Å². The van der Waals surface area contributed by atoms with Gasteiger partial charge < -0.3 is 10.0 Å². The highest BCUT2D eigenvalue weighted by molar-refractivity contribution is 5.20. The van der Waals surface area contributed by atoms with Crippen molar-refractivity contribution in [3.05, 3.63) is 22.5 Å². The maximum atomic E-state index is 10.4. The van der Waals surface area contributed by atoms with Crippen LogP contribution in [-0.4, -0.2) is 51.5 Å². The van der Waals surface area contributed by atoms with Gasteiger partial charge in [0, 0.05) is 6.54 Å². The number of nitro groups is 1. The van der Waals surface area contributed by atoms with E-state index in [1.807, 2.05) is 19.0 Å². The Morgan fingerprint density at radius 3 is 2.87 bits per heavy atom. The van der Waals surface area contributed by atoms with E-state index in [1.165, 1.54) is 17.1 Å². The van der Waals surface area contributed by atoms with E-state index in [9.17, 15) is 15.2 Å². The van der Waals surface area contributed by atoms with E-state index < -0.39 is 11.0 Å². The fourth-order valence-electron chi connectivity index (χ4n) is 1.24. The summed E-state index contributed by atoms with van der Waals surface area (Å²) in [5, 5.41) is 23.7. The predicted molar refractivity (Wildman–Crippen MR) is 53.4 cm³/mol. The fraction of sp³-hybridized carbons (Fsp3) is 0.625. The van der Waals surface area contributed by atoms with Gasteiger partial charge in [0.1, 0.15) is 12.4 Å². The zero-order valence-electron chi connectivity index (χ0n) is 8.70. The number of aliphatic hydroxyl groups is 1. The summed E-state index contributed by atoms with van der Waals surface area (Å²) >= 11 is 0. The average Bonchev–Trinajstić information content (AvgIpc) is 2.50. The molecule has 15 heavy (non-hydrogen) atoms. The Kier molecular flexibility index (Phi) is 3.75. The molecule has 1 rings (SSSR count). The Morgan fingerprint density at radius 1 is 1.73 bits per heavy atom. The number of nitrogens with zero attached hydrogens (tertiary/aromatic N) is 4. The third-order valence-corrected chi connectivity index (χ3v) is 1.80. The summed E-state index contributed by atoms with van der Waals surface area (Å²) in [4.78, 5) is 11.7. The van der Waals surface area contributed by atoms with Gasteiger partial charge in [0.25, 0.3) is 0 Å². The van der Waals surface area contributed by atoms with Crippen molar-refractivity contribution in [3.8, 4) is 0 Å². The van der Waals surface area contributed by atoms with Crippen molar-refractivity contribution in [2.24, 2.45) is 0 Å². The molecule has 0 saturated heterocycles. The molecule has 0 aliphatic rings. The van der Waals surface area contributed by atoms with Crippen LogP contribution in [0.3, 0.4) is 0 Å². The highest BCUT2D eigenvalue weighted by Crippen LogP contribution is 2.08. The quantitative estimate of drug-likeness (QED) is 0.538. The van der Waals surface area contributed by atoms with Gasteiger partial charge in [0.2, 0.25) is 0 Å². The first-order valence-corrected chi connectivity index (χ1v) is 4.48. The Morgan fingerprint density at radius 2 is 2.40 bits per heavy atom. The highest BCUT2D eigenvalue weighted by Gasteiger charge is 2.12. The second-order valence-corrected chi connectivity index (χ2v) is 3.59. The lowest BCUT2D eigenvalue weighted by Crippen LogP contribution is -2.29. The maximum absolute atomic E-state index is 10.4. The van der Waals surface area contributed by atoms with Crippen LogP contribution in [0.5, 0.6) is 0 Å². The van der Waals surface area contributed by atoms with Gasteiger partial charge >= 0.3 is 5.69 Å². The lowest BCUT2D eigenvalue weighted by Gasteiger charge is -2.15. The van der Waals surface area contributed by atoms with Gasteiger partial charge in [-0.05, 0) is 14.1 Å². The molecule has 1 N–H and O–H groups in total. The molecule has 1 atom stereocenters. The van der Waals surface area contributed by atoms with Gasteiger partial charge in [0.05, 0.1) is 17.6 Å². The van der Waals surface area contributed by atoms with Crippen molar-refractivity contribution in [1.82, 2.24) is 14.7 Å². The van der Waals surface area contributed by atoms with E-state index in [-0.39, 0.29) is 12.2 Å². The molecule has 0 fully saturated rings. The van der Waals surface area contributed by atoms with Crippen LogP contribution in [0.4, 0.5) is 5.69 Å². The molecule has 0 bridgehead atoms. The molecule has 7 heteroatoms. The minimum absolute atomic E-state index is 0.0629. The van der Waals surface area contributed by atoms with Crippen LogP contribution in [-0.2, 0) is 6.54 Å². The van der Waals surface area contributed by atoms with Crippen molar-refractivity contribution in [2.75, 3.05) is 20.6 Å². The molecule has 0 saturated carbocycles. The summed E-state index contributed by atoms with van der Waals surface area (Å²) in [5.74, 6) is 0. The number of rotatable bonds is 5. The third-order valence-electron chi connectivity index (χ3n) is 1.80. The standard InChI is InChI=1S/C8H14N4O3/c1-10(2)5-8(13)6-11-4-7(3-9-11)12(14)15/h3-4,8,13H,5-6H2,1-2H3/t8-/m0/s1. The molecule has 7 nitrogen and oxygen atoms in total. The molecule has 0 aliphatic heterocycles. The second-order valence-electron chi connectivity index (χ2n) is 3.59. The van der Waals surface area contributed by atoms with Crippen molar-refractivity contribution in [2.45, 2.75) is 12.6 Å². The van der Waals surface area contributed by atoms with Crippen LogP contribution in [0.25, 0.3) is 0 Å². The van der Waals surface area contributed by atoms with Crippen LogP contribution in [0, 0.1) is 10.1 Å². The van der Waals surface area contributed by atoms with E-state index >= 15 is 0 Å². The SMILES string of the molecule is CN(C)C[C@H](O)Cn1cc([N+](=O)[O-])cn1. The van der Waals surface area contributed by atoms with Gasteiger partial charge in [-0.15, -0.1) is 0 Å². The minimum atomic E-state index is -0.584. The summed E-state index contributed by atoms with van der Waals surface area (Å²) in [6, 6.07) is 0.